The number of ketones is 1. The molecule has 1 atom stereocenters. The molecule has 8 nitrogen and oxygen atoms in total. The summed E-state index contributed by atoms with van der Waals surface area (Å²) in [6.07, 6.45) is 1.92. The second-order valence-electron chi connectivity index (χ2n) is 9.63. The molecule has 11 heteroatoms. The smallest absolute Gasteiger partial charge is 0.301 e. The summed E-state index contributed by atoms with van der Waals surface area (Å²) in [4.78, 5) is 28.3. The summed E-state index contributed by atoms with van der Waals surface area (Å²) in [5.41, 5.74) is 1.40. The van der Waals surface area contributed by atoms with Gasteiger partial charge in [-0.15, -0.1) is 10.2 Å². The molecule has 1 amide bonds. The monoisotopic (exact) mass is 619 g/mol. The number of thioether (sulfide) groups is 1. The summed E-state index contributed by atoms with van der Waals surface area (Å²) in [6.45, 7) is 5.01. The number of Topliss-reactive ketones (excluding diaryl/α,β-unsaturated/α-hetero) is 1. The van der Waals surface area contributed by atoms with Crippen LogP contribution in [0, 0.1) is 5.82 Å². The molecule has 222 valence electrons. The molecule has 0 unspecified atom stereocenters. The number of carbonyl (C=O) groups excluding carboxylic acids is 2. The van der Waals surface area contributed by atoms with Gasteiger partial charge >= 0.3 is 5.91 Å². The van der Waals surface area contributed by atoms with Gasteiger partial charge in [0.05, 0.1) is 24.8 Å². The highest BCUT2D eigenvalue weighted by Gasteiger charge is 2.48. The lowest BCUT2D eigenvalue weighted by atomic mass is 9.95. The van der Waals surface area contributed by atoms with Crippen molar-refractivity contribution in [3.8, 4) is 11.5 Å². The molecule has 1 saturated heterocycles. The number of hydrogen-bond acceptors (Lipinski definition) is 9. The van der Waals surface area contributed by atoms with E-state index in [1.165, 1.54) is 22.7 Å². The third kappa shape index (κ3) is 6.73. The SMILES string of the molecule is CCCCOc1ccc(C(O)=C2C(=O)C(=O)N(c3nnc(SCc4ccccc4F)s3)[C@H]2c2ccc(OCC)cc2)cc1. The third-order valence-corrected chi connectivity index (χ3v) is 8.86. The molecular weight excluding hydrogens is 590 g/mol. The maximum atomic E-state index is 14.1. The van der Waals surface area contributed by atoms with Crippen molar-refractivity contribution in [1.82, 2.24) is 10.2 Å². The van der Waals surface area contributed by atoms with E-state index in [2.05, 4.69) is 17.1 Å². The Balaban J connectivity index is 1.50. The molecule has 1 aliphatic rings. The van der Waals surface area contributed by atoms with Gasteiger partial charge in [0.2, 0.25) is 5.13 Å². The number of aliphatic hydroxyl groups excluding tert-OH is 1. The lowest BCUT2D eigenvalue weighted by molar-refractivity contribution is -0.132. The lowest BCUT2D eigenvalue weighted by Gasteiger charge is -2.22. The van der Waals surface area contributed by atoms with Crippen molar-refractivity contribution in [3.63, 3.8) is 0 Å². The zero-order chi connectivity index (χ0) is 30.3. The van der Waals surface area contributed by atoms with E-state index in [4.69, 9.17) is 9.47 Å². The summed E-state index contributed by atoms with van der Waals surface area (Å²) in [5, 5.41) is 20.0. The first kappa shape index (κ1) is 30.2. The van der Waals surface area contributed by atoms with Gasteiger partial charge in [-0.05, 0) is 66.9 Å². The van der Waals surface area contributed by atoms with E-state index in [1.807, 2.05) is 6.92 Å². The van der Waals surface area contributed by atoms with Crippen LogP contribution in [0.5, 0.6) is 11.5 Å². The molecule has 0 saturated carbocycles. The first-order valence-corrected chi connectivity index (χ1v) is 15.7. The molecule has 3 aromatic carbocycles. The van der Waals surface area contributed by atoms with E-state index in [9.17, 15) is 19.1 Å². The molecule has 1 fully saturated rings. The highest BCUT2D eigenvalue weighted by molar-refractivity contribution is 8.00. The van der Waals surface area contributed by atoms with Crippen molar-refractivity contribution in [3.05, 3.63) is 101 Å². The number of amides is 1. The van der Waals surface area contributed by atoms with Crippen LogP contribution in [0.2, 0.25) is 0 Å². The quantitative estimate of drug-likeness (QED) is 0.0445. The minimum Gasteiger partial charge on any atom is -0.507 e. The molecule has 2 heterocycles. The normalized spacial score (nSPS) is 16.1. The molecule has 5 rings (SSSR count). The molecule has 0 aliphatic carbocycles. The van der Waals surface area contributed by atoms with Gasteiger partial charge < -0.3 is 14.6 Å². The summed E-state index contributed by atoms with van der Waals surface area (Å²) in [7, 11) is 0. The fourth-order valence-corrected chi connectivity index (χ4v) is 6.42. The van der Waals surface area contributed by atoms with Crippen LogP contribution in [-0.4, -0.2) is 40.2 Å². The Labute approximate surface area is 257 Å². The molecule has 0 spiro atoms. The Kier molecular flexibility index (Phi) is 9.73. The van der Waals surface area contributed by atoms with Gasteiger partial charge in [0, 0.05) is 11.3 Å². The molecule has 0 radical (unpaired) electrons. The van der Waals surface area contributed by atoms with E-state index < -0.39 is 17.7 Å². The number of aromatic nitrogens is 2. The van der Waals surface area contributed by atoms with Gasteiger partial charge in [-0.2, -0.15) is 0 Å². The second kappa shape index (κ2) is 13.8. The van der Waals surface area contributed by atoms with Crippen LogP contribution in [-0.2, 0) is 15.3 Å². The predicted molar refractivity (Wildman–Crippen MR) is 165 cm³/mol. The van der Waals surface area contributed by atoms with Crippen molar-refractivity contribution in [2.24, 2.45) is 0 Å². The van der Waals surface area contributed by atoms with Crippen molar-refractivity contribution in [1.29, 1.82) is 0 Å². The largest absolute Gasteiger partial charge is 0.507 e. The highest BCUT2D eigenvalue weighted by Crippen LogP contribution is 2.44. The maximum absolute atomic E-state index is 14.1. The van der Waals surface area contributed by atoms with Crippen LogP contribution >= 0.6 is 23.1 Å². The van der Waals surface area contributed by atoms with Crippen LogP contribution in [0.4, 0.5) is 9.52 Å². The van der Waals surface area contributed by atoms with Gasteiger partial charge in [0.1, 0.15) is 23.1 Å². The standard InChI is InChI=1S/C32H30FN3O5S2/c1-3-5-18-41-24-16-12-21(13-17-24)28(37)26-27(20-10-14-23(15-11-20)40-4-2)36(30(39)29(26)38)31-34-35-32(43-31)42-19-22-8-6-7-9-25(22)33/h6-17,27,37H,3-5,18-19H2,1-2H3/t27-/m0/s1. The lowest BCUT2D eigenvalue weighted by Crippen LogP contribution is -2.29. The molecule has 4 aromatic rings. The number of anilines is 1. The molecule has 1 N–H and O–H groups in total. The second-order valence-corrected chi connectivity index (χ2v) is 11.8. The zero-order valence-electron chi connectivity index (χ0n) is 23.7. The highest BCUT2D eigenvalue weighted by atomic mass is 32.2. The van der Waals surface area contributed by atoms with Crippen molar-refractivity contribution in [2.45, 2.75) is 42.8 Å². The van der Waals surface area contributed by atoms with Gasteiger partial charge in [-0.1, -0.05) is 66.8 Å². The third-order valence-electron chi connectivity index (χ3n) is 6.76. The number of hydrogen-bond donors (Lipinski definition) is 1. The van der Waals surface area contributed by atoms with E-state index in [0.717, 1.165) is 24.2 Å². The molecule has 1 aromatic heterocycles. The van der Waals surface area contributed by atoms with Gasteiger partial charge in [-0.25, -0.2) is 4.39 Å². The average Bonchev–Trinajstić information content (AvgIpc) is 3.59. The van der Waals surface area contributed by atoms with E-state index >= 15 is 0 Å². The van der Waals surface area contributed by atoms with Gasteiger partial charge in [0.25, 0.3) is 5.78 Å². The minimum atomic E-state index is -0.964. The Morgan fingerprint density at radius 2 is 1.67 bits per heavy atom. The van der Waals surface area contributed by atoms with E-state index in [-0.39, 0.29) is 22.3 Å². The Morgan fingerprint density at radius 3 is 2.37 bits per heavy atom. The fourth-order valence-electron chi connectivity index (χ4n) is 4.57. The summed E-state index contributed by atoms with van der Waals surface area (Å²) in [6, 6.07) is 19.2. The average molecular weight is 620 g/mol. The minimum absolute atomic E-state index is 0.0652. The maximum Gasteiger partial charge on any atom is 0.301 e. The number of nitrogens with zero attached hydrogens (tertiary/aromatic N) is 3. The number of unbranched alkanes of at least 4 members (excludes halogenated alkanes) is 1. The molecule has 0 bridgehead atoms. The zero-order valence-corrected chi connectivity index (χ0v) is 25.3. The summed E-state index contributed by atoms with van der Waals surface area (Å²) >= 11 is 2.40. The van der Waals surface area contributed by atoms with Crippen LogP contribution in [0.3, 0.4) is 0 Å². The molecule has 43 heavy (non-hydrogen) atoms. The molecular formula is C32H30FN3O5S2. The van der Waals surface area contributed by atoms with Crippen LogP contribution in [0.1, 0.15) is 49.4 Å². The van der Waals surface area contributed by atoms with Gasteiger partial charge in [-0.3, -0.25) is 14.5 Å². The fraction of sp³-hybridized carbons (Fsp3) is 0.250. The van der Waals surface area contributed by atoms with E-state index in [1.54, 1.807) is 66.7 Å². The summed E-state index contributed by atoms with van der Waals surface area (Å²) in [5.74, 6) is -0.704. The topological polar surface area (TPSA) is 102 Å². The summed E-state index contributed by atoms with van der Waals surface area (Å²) < 4.78 is 25.9. The Hall–Kier alpha value is -4.22. The van der Waals surface area contributed by atoms with Crippen molar-refractivity contribution < 1.29 is 28.6 Å². The number of rotatable bonds is 12. The van der Waals surface area contributed by atoms with Crippen molar-refractivity contribution >= 4 is 45.7 Å². The van der Waals surface area contributed by atoms with Gasteiger partial charge in [0.15, 0.2) is 4.34 Å². The predicted octanol–water partition coefficient (Wildman–Crippen LogP) is 7.17. The first-order valence-electron chi connectivity index (χ1n) is 13.9. The Morgan fingerprint density at radius 1 is 0.977 bits per heavy atom. The van der Waals surface area contributed by atoms with Crippen LogP contribution in [0.15, 0.2) is 82.7 Å². The van der Waals surface area contributed by atoms with E-state index in [0.29, 0.717) is 51.5 Å². The number of benzene rings is 3. The Bertz CT molecular complexity index is 1620. The molecule has 1 aliphatic heterocycles. The van der Waals surface area contributed by atoms with Crippen LogP contribution < -0.4 is 14.4 Å². The van der Waals surface area contributed by atoms with Crippen molar-refractivity contribution in [2.75, 3.05) is 18.1 Å². The number of halogens is 1. The van der Waals surface area contributed by atoms with Crippen LogP contribution in [0.25, 0.3) is 5.76 Å². The first-order chi connectivity index (χ1) is 20.9. The number of ether oxygens (including phenoxy) is 2. The number of carbonyl (C=O) groups is 2. The number of aliphatic hydroxyl groups is 1.